The Morgan fingerprint density at radius 2 is 1.91 bits per heavy atom. The van der Waals surface area contributed by atoms with Gasteiger partial charge in [-0.3, -0.25) is 0 Å². The van der Waals surface area contributed by atoms with E-state index in [-0.39, 0.29) is 11.5 Å². The van der Waals surface area contributed by atoms with Gasteiger partial charge in [0.1, 0.15) is 0 Å². The van der Waals surface area contributed by atoms with E-state index in [1.807, 2.05) is 13.0 Å². The lowest BCUT2D eigenvalue weighted by Gasteiger charge is -2.32. The van der Waals surface area contributed by atoms with Crippen LogP contribution in [0.4, 0.5) is 0 Å². The van der Waals surface area contributed by atoms with Crippen molar-refractivity contribution >= 4 is 11.4 Å². The fraction of sp³-hybridized carbons (Fsp3) is 0.474. The molecule has 3 nitrogen and oxygen atoms in total. The minimum absolute atomic E-state index is 0.0141. The predicted octanol–water partition coefficient (Wildman–Crippen LogP) is 5.11. The van der Waals surface area contributed by atoms with E-state index in [9.17, 15) is 0 Å². The summed E-state index contributed by atoms with van der Waals surface area (Å²) in [6, 6.07) is 0. The van der Waals surface area contributed by atoms with E-state index in [4.69, 9.17) is 15.6 Å². The highest BCUT2D eigenvalue weighted by molar-refractivity contribution is 6.01. The van der Waals surface area contributed by atoms with Gasteiger partial charge in [-0.1, -0.05) is 32.2 Å². The van der Waals surface area contributed by atoms with Gasteiger partial charge in [0.15, 0.2) is 0 Å². The predicted molar refractivity (Wildman–Crippen MR) is 97.2 cm³/mol. The second kappa shape index (κ2) is 10.9. The van der Waals surface area contributed by atoms with Crippen LogP contribution < -0.4 is 0 Å². The molecule has 3 heteroatoms. The van der Waals surface area contributed by atoms with Gasteiger partial charge in [0, 0.05) is 5.71 Å². The lowest BCUT2D eigenvalue weighted by molar-refractivity contribution is 0.0143. The van der Waals surface area contributed by atoms with Crippen LogP contribution >= 0.6 is 0 Å². The summed E-state index contributed by atoms with van der Waals surface area (Å²) in [6.45, 7) is 15.7. The van der Waals surface area contributed by atoms with Crippen LogP contribution in [0.1, 0.15) is 39.5 Å². The Morgan fingerprint density at radius 1 is 1.23 bits per heavy atom. The molecule has 2 N–H and O–H groups in total. The molecular weight excluding hydrogens is 272 g/mol. The monoisotopic (exact) mass is 302 g/mol. The van der Waals surface area contributed by atoms with Crippen LogP contribution in [0.2, 0.25) is 0 Å². The molecule has 0 aliphatic rings. The minimum Gasteiger partial charge on any atom is -0.374 e. The maximum Gasteiger partial charge on any atom is 0.0725 e. The van der Waals surface area contributed by atoms with Crippen molar-refractivity contribution in [2.24, 2.45) is 5.41 Å². The number of hydrogen-bond acceptors (Lipinski definition) is 3. The zero-order chi connectivity index (χ0) is 17.0. The summed E-state index contributed by atoms with van der Waals surface area (Å²) in [5.74, 6) is 0. The molecule has 0 amide bonds. The van der Waals surface area contributed by atoms with Crippen molar-refractivity contribution in [1.29, 1.82) is 10.8 Å². The Hall–Kier alpha value is -1.74. The molecule has 0 spiro atoms. The highest BCUT2D eigenvalue weighted by Gasteiger charge is 2.28. The van der Waals surface area contributed by atoms with Crippen molar-refractivity contribution in [3.05, 3.63) is 50.1 Å². The van der Waals surface area contributed by atoms with E-state index in [1.54, 1.807) is 18.2 Å². The molecule has 0 heterocycles. The molecule has 0 saturated carbocycles. The Kier molecular flexibility index (Phi) is 10.0. The van der Waals surface area contributed by atoms with E-state index in [0.717, 1.165) is 19.3 Å². The summed E-state index contributed by atoms with van der Waals surface area (Å²) >= 11 is 0. The molecule has 2 unspecified atom stereocenters. The highest BCUT2D eigenvalue weighted by atomic mass is 16.5. The number of nitrogens with one attached hydrogen (secondary N) is 2. The van der Waals surface area contributed by atoms with Gasteiger partial charge in [0.2, 0.25) is 0 Å². The van der Waals surface area contributed by atoms with Crippen molar-refractivity contribution in [1.82, 2.24) is 0 Å². The average Bonchev–Trinajstić information content (AvgIpc) is 2.55. The highest BCUT2D eigenvalue weighted by Crippen LogP contribution is 2.34. The zero-order valence-electron chi connectivity index (χ0n) is 14.0. The fourth-order valence-electron chi connectivity index (χ4n) is 2.04. The molecule has 0 bridgehead atoms. The number of ether oxygens (including phenoxy) is 1. The van der Waals surface area contributed by atoms with E-state index < -0.39 is 0 Å². The molecule has 0 aliphatic carbocycles. The summed E-state index contributed by atoms with van der Waals surface area (Å²) in [4.78, 5) is 0. The van der Waals surface area contributed by atoms with Crippen LogP contribution in [0.5, 0.6) is 0 Å². The summed E-state index contributed by atoms with van der Waals surface area (Å²) < 4.78 is 5.88. The Morgan fingerprint density at radius 3 is 2.41 bits per heavy atom. The minimum atomic E-state index is -0.0372. The van der Waals surface area contributed by atoms with Crippen LogP contribution in [0.15, 0.2) is 50.1 Å². The molecule has 0 aromatic rings. The molecule has 0 fully saturated rings. The van der Waals surface area contributed by atoms with Crippen LogP contribution in [-0.4, -0.2) is 24.1 Å². The second-order valence-corrected chi connectivity index (χ2v) is 5.60. The molecule has 2 atom stereocenters. The standard InChI is InChI=1S/C19H30N2O/c1-6-16(5)22-15-19(9-4,14-12-18(21)8-3)13-10-11-17(20)7-2/h6-8,10-11,16,20-21H,1-3,9,12-15H2,4-5H3/b11-10-,20-17?,21-18?. The van der Waals surface area contributed by atoms with Gasteiger partial charge in [-0.2, -0.15) is 0 Å². The van der Waals surface area contributed by atoms with Gasteiger partial charge in [0.05, 0.1) is 18.4 Å². The quantitative estimate of drug-likeness (QED) is 0.360. The van der Waals surface area contributed by atoms with Crippen molar-refractivity contribution in [3.63, 3.8) is 0 Å². The Bertz CT molecular complexity index is 437. The third-order valence-electron chi connectivity index (χ3n) is 3.97. The SMILES string of the molecule is C=CC(=N)/C=C\CC(CC)(CCC(=N)C=C)COC(C)C=C. The van der Waals surface area contributed by atoms with Crippen molar-refractivity contribution in [2.75, 3.05) is 6.61 Å². The summed E-state index contributed by atoms with van der Waals surface area (Å²) in [5, 5.41) is 15.4. The lowest BCUT2D eigenvalue weighted by Crippen LogP contribution is -2.28. The van der Waals surface area contributed by atoms with E-state index >= 15 is 0 Å². The fourth-order valence-corrected chi connectivity index (χ4v) is 2.04. The molecule has 122 valence electrons. The normalized spacial score (nSPS) is 15.0. The average molecular weight is 302 g/mol. The van der Waals surface area contributed by atoms with Gasteiger partial charge in [-0.15, -0.1) is 6.58 Å². The molecule has 0 radical (unpaired) electrons. The van der Waals surface area contributed by atoms with Crippen LogP contribution in [0.25, 0.3) is 0 Å². The first kappa shape index (κ1) is 20.3. The molecule has 0 rings (SSSR count). The third kappa shape index (κ3) is 7.89. The Balaban J connectivity index is 4.95. The molecule has 0 aliphatic heterocycles. The maximum atomic E-state index is 7.78. The van der Waals surface area contributed by atoms with Gasteiger partial charge in [-0.05, 0) is 56.3 Å². The maximum absolute atomic E-state index is 7.78. The van der Waals surface area contributed by atoms with Crippen molar-refractivity contribution in [2.45, 2.75) is 45.6 Å². The van der Waals surface area contributed by atoms with Gasteiger partial charge >= 0.3 is 0 Å². The summed E-state index contributed by atoms with van der Waals surface area (Å²) in [7, 11) is 0. The van der Waals surface area contributed by atoms with Crippen LogP contribution in [0.3, 0.4) is 0 Å². The van der Waals surface area contributed by atoms with Crippen molar-refractivity contribution < 1.29 is 4.74 Å². The van der Waals surface area contributed by atoms with Crippen LogP contribution in [-0.2, 0) is 4.74 Å². The molecule has 0 aromatic carbocycles. The van der Waals surface area contributed by atoms with E-state index in [2.05, 4.69) is 26.7 Å². The first-order chi connectivity index (χ1) is 10.4. The van der Waals surface area contributed by atoms with Crippen LogP contribution in [0, 0.1) is 16.2 Å². The molecular formula is C19H30N2O. The summed E-state index contributed by atoms with van der Waals surface area (Å²) in [6.07, 6.45) is 12.0. The first-order valence-corrected chi connectivity index (χ1v) is 7.74. The Labute approximate surface area is 135 Å². The van der Waals surface area contributed by atoms with Gasteiger partial charge in [-0.25, -0.2) is 0 Å². The van der Waals surface area contributed by atoms with E-state index in [1.165, 1.54) is 6.08 Å². The van der Waals surface area contributed by atoms with Crippen molar-refractivity contribution in [3.8, 4) is 0 Å². The molecule has 0 aromatic heterocycles. The number of hydrogen-bond donors (Lipinski definition) is 2. The zero-order valence-corrected chi connectivity index (χ0v) is 14.0. The summed E-state index contributed by atoms with van der Waals surface area (Å²) in [5.41, 5.74) is 0.923. The molecule has 0 saturated heterocycles. The van der Waals surface area contributed by atoms with Gasteiger partial charge < -0.3 is 15.6 Å². The second-order valence-electron chi connectivity index (χ2n) is 5.60. The van der Waals surface area contributed by atoms with Gasteiger partial charge in [0.25, 0.3) is 0 Å². The third-order valence-corrected chi connectivity index (χ3v) is 3.97. The number of allylic oxidation sites excluding steroid dienone is 4. The largest absolute Gasteiger partial charge is 0.374 e. The number of rotatable bonds is 13. The topological polar surface area (TPSA) is 56.9 Å². The molecule has 22 heavy (non-hydrogen) atoms. The lowest BCUT2D eigenvalue weighted by atomic mass is 9.77. The smallest absolute Gasteiger partial charge is 0.0725 e. The van der Waals surface area contributed by atoms with E-state index in [0.29, 0.717) is 24.5 Å². The first-order valence-electron chi connectivity index (χ1n) is 7.74.